The lowest BCUT2D eigenvalue weighted by molar-refractivity contribution is 0.0947. The lowest BCUT2D eigenvalue weighted by atomic mass is 10.2. The average Bonchev–Trinajstić information content (AvgIpc) is 3.04. The van der Waals surface area contributed by atoms with Crippen LogP contribution >= 0.6 is 27.3 Å². The molecule has 1 aromatic rings. The minimum Gasteiger partial charge on any atom is -0.391 e. The zero-order valence-corrected chi connectivity index (χ0v) is 14.4. The largest absolute Gasteiger partial charge is 0.391 e. The van der Waals surface area contributed by atoms with Gasteiger partial charge in [-0.15, -0.1) is 11.3 Å². The third-order valence-corrected chi connectivity index (χ3v) is 7.44. The van der Waals surface area contributed by atoms with E-state index in [1.165, 1.54) is 21.7 Å². The highest BCUT2D eigenvalue weighted by Crippen LogP contribution is 2.34. The van der Waals surface area contributed by atoms with Gasteiger partial charge in [0.15, 0.2) is 0 Å². The van der Waals surface area contributed by atoms with Gasteiger partial charge in [0.25, 0.3) is 0 Å². The molecule has 1 unspecified atom stereocenters. The molecule has 5 nitrogen and oxygen atoms in total. The van der Waals surface area contributed by atoms with Crippen LogP contribution in [0.4, 0.5) is 0 Å². The fourth-order valence-corrected chi connectivity index (χ4v) is 6.18. The molecule has 1 atom stereocenters. The Kier molecular flexibility index (Phi) is 5.61. The Morgan fingerprint density at radius 1 is 1.60 bits per heavy atom. The van der Waals surface area contributed by atoms with E-state index in [1.54, 1.807) is 0 Å². The van der Waals surface area contributed by atoms with Crippen LogP contribution in [0.3, 0.4) is 0 Å². The van der Waals surface area contributed by atoms with Crippen LogP contribution in [0.2, 0.25) is 0 Å². The van der Waals surface area contributed by atoms with E-state index < -0.39 is 10.0 Å². The van der Waals surface area contributed by atoms with Crippen molar-refractivity contribution >= 4 is 37.3 Å². The molecule has 1 aliphatic rings. The number of thiophene rings is 1. The number of rotatable bonds is 6. The number of ether oxygens (including phenoxy) is 1. The van der Waals surface area contributed by atoms with Gasteiger partial charge in [-0.1, -0.05) is 6.92 Å². The molecule has 0 radical (unpaired) electrons. The molecule has 1 fully saturated rings. The summed E-state index contributed by atoms with van der Waals surface area (Å²) in [5, 5.41) is 9.13. The second-order valence-electron chi connectivity index (χ2n) is 4.60. The molecule has 8 heteroatoms. The van der Waals surface area contributed by atoms with Crippen molar-refractivity contribution in [2.24, 2.45) is 0 Å². The number of likely N-dealkylation sites (N-methyl/N-ethyl adjacent to an activating group) is 1. The molecule has 2 heterocycles. The summed E-state index contributed by atoms with van der Waals surface area (Å²) >= 11 is 4.52. The first-order valence-electron chi connectivity index (χ1n) is 6.49. The summed E-state index contributed by atoms with van der Waals surface area (Å²) in [4.78, 5) is 0.856. The van der Waals surface area contributed by atoms with Gasteiger partial charge in [-0.3, -0.25) is 0 Å². The van der Waals surface area contributed by atoms with E-state index in [9.17, 15) is 8.42 Å². The molecule has 114 valence electrons. The summed E-state index contributed by atoms with van der Waals surface area (Å²) in [6, 6.07) is 1.53. The maximum absolute atomic E-state index is 12.7. The number of hydrogen-bond acceptors (Lipinski definition) is 5. The Morgan fingerprint density at radius 2 is 2.35 bits per heavy atom. The van der Waals surface area contributed by atoms with Crippen molar-refractivity contribution in [3.63, 3.8) is 0 Å². The maximum atomic E-state index is 12.7. The van der Waals surface area contributed by atoms with E-state index >= 15 is 0 Å². The predicted octanol–water partition coefficient (Wildman–Crippen LogP) is 2.19. The van der Waals surface area contributed by atoms with Crippen molar-refractivity contribution in [1.29, 1.82) is 0 Å². The number of nitrogens with zero attached hydrogens (tertiary/aromatic N) is 1. The number of aliphatic hydroxyl groups is 1. The normalized spacial score (nSPS) is 19.9. The van der Waals surface area contributed by atoms with Crippen LogP contribution in [0.25, 0.3) is 0 Å². The van der Waals surface area contributed by atoms with Gasteiger partial charge >= 0.3 is 0 Å². The Bertz CT molecular complexity index is 552. The lowest BCUT2D eigenvalue weighted by Crippen LogP contribution is -2.37. The molecule has 0 bridgehead atoms. The summed E-state index contributed by atoms with van der Waals surface area (Å²) in [5.41, 5.74) is 0. The van der Waals surface area contributed by atoms with Gasteiger partial charge in [0.1, 0.15) is 4.90 Å². The van der Waals surface area contributed by atoms with E-state index in [0.717, 1.165) is 12.8 Å². The minimum atomic E-state index is -3.55. The maximum Gasteiger partial charge on any atom is 0.245 e. The molecule has 2 rings (SSSR count). The van der Waals surface area contributed by atoms with E-state index in [1.807, 2.05) is 6.92 Å². The zero-order chi connectivity index (χ0) is 14.8. The molecule has 1 aromatic heterocycles. The first-order chi connectivity index (χ1) is 9.48. The third kappa shape index (κ3) is 3.42. The van der Waals surface area contributed by atoms with E-state index in [4.69, 9.17) is 9.84 Å². The number of sulfonamides is 1. The van der Waals surface area contributed by atoms with Gasteiger partial charge in [-0.2, -0.15) is 4.31 Å². The minimum absolute atomic E-state index is 0.0144. The standard InChI is InChI=1S/C12H18BrNO4S2/c1-2-14(7-9-4-3-5-18-9)20(16,17)11-6-10(8-15)19-12(11)13/h6,9,15H,2-5,7-8H2,1H3. The van der Waals surface area contributed by atoms with Gasteiger partial charge in [-0.25, -0.2) is 8.42 Å². The molecular weight excluding hydrogens is 366 g/mol. The molecule has 0 amide bonds. The molecule has 0 aromatic carbocycles. The summed E-state index contributed by atoms with van der Waals surface area (Å²) in [6.07, 6.45) is 1.87. The molecule has 1 aliphatic heterocycles. The van der Waals surface area contributed by atoms with Crippen molar-refractivity contribution in [1.82, 2.24) is 4.31 Å². The van der Waals surface area contributed by atoms with Crippen molar-refractivity contribution in [3.8, 4) is 0 Å². The first-order valence-corrected chi connectivity index (χ1v) is 9.54. The van der Waals surface area contributed by atoms with Gasteiger partial charge in [0.2, 0.25) is 10.0 Å². The summed E-state index contributed by atoms with van der Waals surface area (Å²) in [6.45, 7) is 3.16. The van der Waals surface area contributed by atoms with Gasteiger partial charge < -0.3 is 9.84 Å². The Labute approximate surface area is 131 Å². The van der Waals surface area contributed by atoms with Crippen LogP contribution in [0, 0.1) is 0 Å². The van der Waals surface area contributed by atoms with Crippen molar-refractivity contribution in [2.75, 3.05) is 19.7 Å². The van der Waals surface area contributed by atoms with Crippen LogP contribution in [-0.2, 0) is 21.4 Å². The summed E-state index contributed by atoms with van der Waals surface area (Å²) < 4.78 is 32.8. The number of aliphatic hydroxyl groups excluding tert-OH is 1. The fourth-order valence-electron chi connectivity index (χ4n) is 2.20. The van der Waals surface area contributed by atoms with Crippen LogP contribution in [0.1, 0.15) is 24.6 Å². The number of halogens is 1. The Morgan fingerprint density at radius 3 is 2.85 bits per heavy atom. The quantitative estimate of drug-likeness (QED) is 0.817. The van der Waals surface area contributed by atoms with Crippen LogP contribution in [0.15, 0.2) is 14.7 Å². The second-order valence-corrected chi connectivity index (χ2v) is 8.96. The predicted molar refractivity (Wildman–Crippen MR) is 81.3 cm³/mol. The fraction of sp³-hybridized carbons (Fsp3) is 0.667. The van der Waals surface area contributed by atoms with Gasteiger partial charge in [0.05, 0.1) is 16.5 Å². The topological polar surface area (TPSA) is 66.8 Å². The summed E-state index contributed by atoms with van der Waals surface area (Å²) in [5.74, 6) is 0. The molecule has 20 heavy (non-hydrogen) atoms. The smallest absolute Gasteiger partial charge is 0.245 e. The van der Waals surface area contributed by atoms with Crippen molar-refractivity contribution in [3.05, 3.63) is 14.7 Å². The highest BCUT2D eigenvalue weighted by atomic mass is 79.9. The molecule has 0 saturated carbocycles. The van der Waals surface area contributed by atoms with Crippen molar-refractivity contribution in [2.45, 2.75) is 37.4 Å². The highest BCUT2D eigenvalue weighted by Gasteiger charge is 2.30. The molecule has 1 N–H and O–H groups in total. The summed E-state index contributed by atoms with van der Waals surface area (Å²) in [7, 11) is -3.55. The monoisotopic (exact) mass is 383 g/mol. The van der Waals surface area contributed by atoms with Crippen molar-refractivity contribution < 1.29 is 18.3 Å². The average molecular weight is 384 g/mol. The zero-order valence-electron chi connectivity index (χ0n) is 11.2. The van der Waals surface area contributed by atoms with E-state index in [-0.39, 0.29) is 17.6 Å². The molecular formula is C12H18BrNO4S2. The van der Waals surface area contributed by atoms with Gasteiger partial charge in [-0.05, 0) is 34.8 Å². The number of hydrogen-bond donors (Lipinski definition) is 1. The van der Waals surface area contributed by atoms with E-state index in [2.05, 4.69) is 15.9 Å². The Balaban J connectivity index is 2.23. The SMILES string of the molecule is CCN(CC1CCCO1)S(=O)(=O)c1cc(CO)sc1Br. The van der Waals surface area contributed by atoms with Gasteiger partial charge in [0, 0.05) is 24.6 Å². The molecule has 0 spiro atoms. The third-order valence-electron chi connectivity index (χ3n) is 3.26. The molecule has 0 aliphatic carbocycles. The van der Waals surface area contributed by atoms with E-state index in [0.29, 0.717) is 28.4 Å². The highest BCUT2D eigenvalue weighted by molar-refractivity contribution is 9.11. The first kappa shape index (κ1) is 16.4. The second kappa shape index (κ2) is 6.85. The van der Waals surface area contributed by atoms with Crippen LogP contribution in [-0.4, -0.2) is 43.6 Å². The van der Waals surface area contributed by atoms with Crippen LogP contribution < -0.4 is 0 Å². The Hall–Kier alpha value is 0.01000. The molecule has 1 saturated heterocycles. The van der Waals surface area contributed by atoms with Crippen LogP contribution in [0.5, 0.6) is 0 Å². The lowest BCUT2D eigenvalue weighted by Gasteiger charge is -2.23.